The summed E-state index contributed by atoms with van der Waals surface area (Å²) in [6.45, 7) is 0. The predicted molar refractivity (Wildman–Crippen MR) is 225 cm³/mol. The molecule has 4 aromatic heterocycles. The van der Waals surface area contributed by atoms with E-state index in [1.165, 1.54) is 81.0 Å². The second kappa shape index (κ2) is 11.9. The average Bonchev–Trinajstić information content (AvgIpc) is 3.91. The average molecular weight is 694 g/mol. The molecule has 11 aromatic rings. The first-order valence-corrected chi connectivity index (χ1v) is 18.8. The van der Waals surface area contributed by atoms with Crippen LogP contribution >= 0.6 is 11.3 Å². The minimum atomic E-state index is 1.10. The van der Waals surface area contributed by atoms with E-state index < -0.39 is 0 Å². The number of para-hydroxylation sites is 2. The largest absolute Gasteiger partial charge is 0.309 e. The minimum absolute atomic E-state index is 1.10. The number of fused-ring (bicyclic) bond motifs is 7. The van der Waals surface area contributed by atoms with Gasteiger partial charge in [-0.15, -0.1) is 11.3 Å². The second-order valence-corrected chi connectivity index (χ2v) is 14.7. The fourth-order valence-corrected chi connectivity index (χ4v) is 9.26. The second-order valence-electron chi connectivity index (χ2n) is 13.6. The highest BCUT2D eigenvalue weighted by Gasteiger charge is 2.19. The maximum atomic E-state index is 4.40. The van der Waals surface area contributed by atoms with Crippen molar-refractivity contribution in [3.05, 3.63) is 188 Å². The van der Waals surface area contributed by atoms with Crippen LogP contribution < -0.4 is 0 Å². The fraction of sp³-hybridized carbons (Fsp3) is 0. The lowest BCUT2D eigenvalue weighted by Crippen LogP contribution is -1.98. The van der Waals surface area contributed by atoms with Crippen LogP contribution in [0, 0.1) is 0 Å². The van der Waals surface area contributed by atoms with E-state index in [0.29, 0.717) is 0 Å². The van der Waals surface area contributed by atoms with E-state index in [1.807, 2.05) is 29.8 Å². The van der Waals surface area contributed by atoms with Crippen molar-refractivity contribution < 1.29 is 0 Å². The number of pyridine rings is 1. The third kappa shape index (κ3) is 4.77. The van der Waals surface area contributed by atoms with Crippen LogP contribution in [0.5, 0.6) is 0 Å². The van der Waals surface area contributed by atoms with Gasteiger partial charge in [-0.25, -0.2) is 0 Å². The van der Waals surface area contributed by atoms with Crippen molar-refractivity contribution in [3.63, 3.8) is 0 Å². The zero-order valence-electron chi connectivity index (χ0n) is 28.6. The third-order valence-electron chi connectivity index (χ3n) is 10.6. The summed E-state index contributed by atoms with van der Waals surface area (Å²) in [5.41, 5.74) is 13.0. The van der Waals surface area contributed by atoms with Gasteiger partial charge in [0.1, 0.15) is 5.00 Å². The van der Waals surface area contributed by atoms with Crippen molar-refractivity contribution in [2.75, 3.05) is 0 Å². The van der Waals surface area contributed by atoms with Crippen molar-refractivity contribution in [2.24, 2.45) is 0 Å². The molecule has 0 spiro atoms. The number of hydrogen-bond donors (Lipinski definition) is 0. The lowest BCUT2D eigenvalue weighted by Gasteiger charge is -2.16. The molecule has 248 valence electrons. The molecule has 0 N–H and O–H groups in total. The maximum Gasteiger partial charge on any atom is 0.101 e. The summed E-state index contributed by atoms with van der Waals surface area (Å²) in [5, 5.41) is 7.52. The Hall–Kier alpha value is -6.75. The van der Waals surface area contributed by atoms with Crippen LogP contribution in [0.2, 0.25) is 0 Å². The van der Waals surface area contributed by atoms with Gasteiger partial charge in [-0.3, -0.25) is 4.98 Å². The fourth-order valence-electron chi connectivity index (χ4n) is 8.17. The highest BCUT2D eigenvalue weighted by Crippen LogP contribution is 2.41. The Morgan fingerprint density at radius 1 is 0.396 bits per heavy atom. The Labute approximate surface area is 310 Å². The SMILES string of the molecule is c1ccc(-c2cc(-c3cccnc3)ccc2-n2c3ccccc3c3cc(-c4ccc5c(c4)c4ccccc4n5-c4cc5ccccc5s4)ccc32)cc1. The van der Waals surface area contributed by atoms with Gasteiger partial charge in [0.05, 0.1) is 27.8 Å². The summed E-state index contributed by atoms with van der Waals surface area (Å²) in [6.07, 6.45) is 3.76. The van der Waals surface area contributed by atoms with E-state index in [4.69, 9.17) is 0 Å². The molecule has 11 rings (SSSR count). The molecule has 0 saturated carbocycles. The normalized spacial score (nSPS) is 11.8. The monoisotopic (exact) mass is 693 g/mol. The van der Waals surface area contributed by atoms with Crippen LogP contribution in [0.3, 0.4) is 0 Å². The number of hydrogen-bond acceptors (Lipinski definition) is 2. The molecule has 53 heavy (non-hydrogen) atoms. The standard InChI is InChI=1S/C49H31N3S/c1-2-11-32(12-3-1)40-27-35(37-14-10-26-50-31-37)22-23-45(40)51-43-17-7-5-15-38(43)41-28-33(20-24-46(41)51)34-21-25-47-42(29-34)39-16-6-8-18-44(39)52(47)49-30-36-13-4-9-19-48(36)53-49/h1-31H. The van der Waals surface area contributed by atoms with Crippen molar-refractivity contribution in [3.8, 4) is 44.1 Å². The van der Waals surface area contributed by atoms with Gasteiger partial charge in [-0.2, -0.15) is 0 Å². The smallest absolute Gasteiger partial charge is 0.101 e. The molecule has 0 atom stereocenters. The predicted octanol–water partition coefficient (Wildman–Crippen LogP) is 13.5. The first-order valence-electron chi connectivity index (χ1n) is 17.9. The third-order valence-corrected chi connectivity index (χ3v) is 11.7. The molecule has 3 nitrogen and oxygen atoms in total. The van der Waals surface area contributed by atoms with Crippen molar-refractivity contribution in [1.29, 1.82) is 0 Å². The van der Waals surface area contributed by atoms with Crippen LogP contribution in [-0.2, 0) is 0 Å². The Bertz CT molecular complexity index is 3130. The van der Waals surface area contributed by atoms with Gasteiger partial charge in [-0.05, 0) is 94.4 Å². The quantitative estimate of drug-likeness (QED) is 0.176. The molecule has 7 aromatic carbocycles. The topological polar surface area (TPSA) is 22.8 Å². The molecule has 0 radical (unpaired) electrons. The zero-order valence-corrected chi connectivity index (χ0v) is 29.5. The first-order chi connectivity index (χ1) is 26.3. The van der Waals surface area contributed by atoms with Crippen LogP contribution in [-0.4, -0.2) is 14.1 Å². The van der Waals surface area contributed by atoms with Crippen LogP contribution in [0.25, 0.3) is 97.8 Å². The highest BCUT2D eigenvalue weighted by atomic mass is 32.1. The molecule has 0 unspecified atom stereocenters. The number of thiophene rings is 1. The minimum Gasteiger partial charge on any atom is -0.309 e. The van der Waals surface area contributed by atoms with E-state index in [2.05, 4.69) is 184 Å². The van der Waals surface area contributed by atoms with Crippen molar-refractivity contribution in [2.45, 2.75) is 0 Å². The molecular weight excluding hydrogens is 663 g/mol. The molecule has 0 amide bonds. The maximum absolute atomic E-state index is 4.40. The van der Waals surface area contributed by atoms with Crippen molar-refractivity contribution >= 4 is 65.0 Å². The molecule has 4 heteroatoms. The van der Waals surface area contributed by atoms with Gasteiger partial charge in [0, 0.05) is 49.8 Å². The summed E-state index contributed by atoms with van der Waals surface area (Å²) in [5.74, 6) is 0. The van der Waals surface area contributed by atoms with Crippen LogP contribution in [0.15, 0.2) is 188 Å². The number of aromatic nitrogens is 3. The van der Waals surface area contributed by atoms with E-state index >= 15 is 0 Å². The van der Waals surface area contributed by atoms with Gasteiger partial charge >= 0.3 is 0 Å². The summed E-state index contributed by atoms with van der Waals surface area (Å²) in [7, 11) is 0. The lowest BCUT2D eigenvalue weighted by atomic mass is 9.97. The summed E-state index contributed by atoms with van der Waals surface area (Å²) >= 11 is 1.85. The molecule has 0 aliphatic carbocycles. The summed E-state index contributed by atoms with van der Waals surface area (Å²) < 4.78 is 6.17. The van der Waals surface area contributed by atoms with Gasteiger partial charge in [-0.1, -0.05) is 109 Å². The molecule has 0 fully saturated rings. The van der Waals surface area contributed by atoms with E-state index in [0.717, 1.165) is 16.8 Å². The van der Waals surface area contributed by atoms with Gasteiger partial charge in [0.25, 0.3) is 0 Å². The van der Waals surface area contributed by atoms with Gasteiger partial charge < -0.3 is 9.13 Å². The molecule has 0 aliphatic rings. The molecule has 0 aliphatic heterocycles. The van der Waals surface area contributed by atoms with E-state index in [-0.39, 0.29) is 0 Å². The molecule has 0 bridgehead atoms. The Morgan fingerprint density at radius 3 is 1.70 bits per heavy atom. The van der Waals surface area contributed by atoms with Gasteiger partial charge in [0.15, 0.2) is 0 Å². The molecule has 0 saturated heterocycles. The number of nitrogens with zero attached hydrogens (tertiary/aromatic N) is 3. The lowest BCUT2D eigenvalue weighted by molar-refractivity contribution is 1.18. The van der Waals surface area contributed by atoms with Gasteiger partial charge in [0.2, 0.25) is 0 Å². The molecule has 4 heterocycles. The summed E-state index contributed by atoms with van der Waals surface area (Å²) in [6, 6.07) is 64.1. The van der Waals surface area contributed by atoms with E-state index in [9.17, 15) is 0 Å². The van der Waals surface area contributed by atoms with Crippen molar-refractivity contribution in [1.82, 2.24) is 14.1 Å². The Kier molecular flexibility index (Phi) is 6.73. The Balaban J connectivity index is 1.10. The highest BCUT2D eigenvalue weighted by molar-refractivity contribution is 7.21. The van der Waals surface area contributed by atoms with Crippen LogP contribution in [0.1, 0.15) is 0 Å². The molecular formula is C49H31N3S. The number of benzene rings is 7. The van der Waals surface area contributed by atoms with E-state index in [1.54, 1.807) is 0 Å². The summed E-state index contributed by atoms with van der Waals surface area (Å²) in [4.78, 5) is 4.40. The first kappa shape index (κ1) is 29.9. The number of rotatable bonds is 5. The van der Waals surface area contributed by atoms with Crippen LogP contribution in [0.4, 0.5) is 0 Å². The zero-order chi connectivity index (χ0) is 34.9. The Morgan fingerprint density at radius 2 is 0.981 bits per heavy atom.